The van der Waals surface area contributed by atoms with Gasteiger partial charge in [-0.15, -0.1) is 0 Å². The maximum atomic E-state index is 13.4. The molecule has 0 aliphatic heterocycles. The van der Waals surface area contributed by atoms with Gasteiger partial charge in [0.2, 0.25) is 0 Å². The molecular weight excluding hydrogens is 297 g/mol. The van der Waals surface area contributed by atoms with Crippen LogP contribution in [0.25, 0.3) is 0 Å². The van der Waals surface area contributed by atoms with Crippen LogP contribution in [0, 0.1) is 17.7 Å². The summed E-state index contributed by atoms with van der Waals surface area (Å²) in [7, 11) is 0. The van der Waals surface area contributed by atoms with Crippen molar-refractivity contribution < 1.29 is 18.7 Å². The molecule has 0 fully saturated rings. The molecule has 0 unspecified atom stereocenters. The summed E-state index contributed by atoms with van der Waals surface area (Å²) in [5.41, 5.74) is 1.07. The average Bonchev–Trinajstić information content (AvgIpc) is 2.58. The van der Waals surface area contributed by atoms with E-state index in [-0.39, 0.29) is 24.3 Å². The number of nitrogens with one attached hydrogen (secondary N) is 1. The van der Waals surface area contributed by atoms with Crippen molar-refractivity contribution in [1.82, 2.24) is 5.32 Å². The first kappa shape index (κ1) is 16.2. The molecule has 0 aliphatic carbocycles. The summed E-state index contributed by atoms with van der Waals surface area (Å²) in [5, 5.41) is 2.46. The lowest BCUT2D eigenvalue weighted by Crippen LogP contribution is -2.24. The van der Waals surface area contributed by atoms with Gasteiger partial charge >= 0.3 is 6.09 Å². The summed E-state index contributed by atoms with van der Waals surface area (Å²) in [5.74, 6) is 4.66. The third kappa shape index (κ3) is 4.97. The Balaban J connectivity index is 1.82. The highest BCUT2D eigenvalue weighted by atomic mass is 19.1. The highest BCUT2D eigenvalue weighted by Gasteiger charge is 2.04. The summed E-state index contributed by atoms with van der Waals surface area (Å²) < 4.78 is 18.4. The number of hydrogen-bond donors (Lipinski definition) is 1. The van der Waals surface area contributed by atoms with Gasteiger partial charge in [0.25, 0.3) is 0 Å². The van der Waals surface area contributed by atoms with E-state index in [0.717, 1.165) is 5.56 Å². The number of rotatable bonds is 4. The van der Waals surface area contributed by atoms with Crippen molar-refractivity contribution in [2.75, 3.05) is 6.54 Å². The Hall–Kier alpha value is -3.13. The number of halogens is 1. The Kier molecular flexibility index (Phi) is 5.89. The second kappa shape index (κ2) is 8.35. The zero-order valence-electron chi connectivity index (χ0n) is 12.2. The Bertz CT molecular complexity index is 748. The maximum Gasteiger partial charge on any atom is 0.408 e. The zero-order valence-corrected chi connectivity index (χ0v) is 12.2. The molecule has 23 heavy (non-hydrogen) atoms. The minimum absolute atomic E-state index is 0.0302. The fraction of sp³-hybridized carbons (Fsp3) is 0.111. The topological polar surface area (TPSA) is 55.4 Å². The van der Waals surface area contributed by atoms with Crippen LogP contribution >= 0.6 is 0 Å². The average molecular weight is 311 g/mol. The molecule has 0 saturated carbocycles. The molecule has 4 nitrogen and oxygen atoms in total. The van der Waals surface area contributed by atoms with E-state index in [0.29, 0.717) is 6.29 Å². The SMILES string of the molecule is O=Cc1c(F)cccc1C#CCNC(=O)OCc1ccccc1. The molecule has 1 amide bonds. The van der Waals surface area contributed by atoms with Crippen LogP contribution in [-0.2, 0) is 11.3 Å². The minimum Gasteiger partial charge on any atom is -0.445 e. The van der Waals surface area contributed by atoms with Crippen LogP contribution in [0.15, 0.2) is 48.5 Å². The van der Waals surface area contributed by atoms with E-state index in [1.165, 1.54) is 18.2 Å². The monoisotopic (exact) mass is 311 g/mol. The first-order valence-corrected chi connectivity index (χ1v) is 6.88. The Morgan fingerprint density at radius 2 is 1.96 bits per heavy atom. The van der Waals surface area contributed by atoms with E-state index in [1.807, 2.05) is 30.3 Å². The molecule has 0 aliphatic rings. The number of benzene rings is 2. The quantitative estimate of drug-likeness (QED) is 0.698. The van der Waals surface area contributed by atoms with Gasteiger partial charge in [0.1, 0.15) is 12.4 Å². The van der Waals surface area contributed by atoms with Crippen molar-refractivity contribution in [3.8, 4) is 11.8 Å². The van der Waals surface area contributed by atoms with E-state index in [1.54, 1.807) is 0 Å². The predicted octanol–water partition coefficient (Wildman–Crippen LogP) is 2.92. The van der Waals surface area contributed by atoms with Gasteiger partial charge in [-0.1, -0.05) is 48.2 Å². The largest absolute Gasteiger partial charge is 0.445 e. The van der Waals surface area contributed by atoms with E-state index in [4.69, 9.17) is 4.74 Å². The van der Waals surface area contributed by atoms with Crippen LogP contribution in [0.2, 0.25) is 0 Å². The van der Waals surface area contributed by atoms with Gasteiger partial charge in [-0.2, -0.15) is 0 Å². The molecular formula is C18H14FNO3. The van der Waals surface area contributed by atoms with Crippen LogP contribution in [0.3, 0.4) is 0 Å². The molecule has 0 aromatic heterocycles. The number of ether oxygens (including phenoxy) is 1. The molecule has 2 aromatic carbocycles. The van der Waals surface area contributed by atoms with Crippen molar-refractivity contribution >= 4 is 12.4 Å². The molecule has 0 spiro atoms. The second-order valence-corrected chi connectivity index (χ2v) is 4.54. The van der Waals surface area contributed by atoms with Crippen molar-refractivity contribution in [1.29, 1.82) is 0 Å². The van der Waals surface area contributed by atoms with Crippen molar-refractivity contribution in [3.63, 3.8) is 0 Å². The molecule has 116 valence electrons. The number of alkyl carbamates (subject to hydrolysis) is 1. The third-order valence-electron chi connectivity index (χ3n) is 2.93. The van der Waals surface area contributed by atoms with Gasteiger partial charge in [0.05, 0.1) is 12.1 Å². The van der Waals surface area contributed by atoms with E-state index in [2.05, 4.69) is 17.2 Å². The molecule has 2 aromatic rings. The van der Waals surface area contributed by atoms with E-state index < -0.39 is 11.9 Å². The fourth-order valence-corrected chi connectivity index (χ4v) is 1.80. The van der Waals surface area contributed by atoms with Gasteiger partial charge in [-0.05, 0) is 17.7 Å². The molecule has 0 atom stereocenters. The molecule has 1 N–H and O–H groups in total. The molecule has 0 saturated heterocycles. The number of carbonyl (C=O) groups excluding carboxylic acids is 2. The van der Waals surface area contributed by atoms with Gasteiger partial charge in [0.15, 0.2) is 6.29 Å². The van der Waals surface area contributed by atoms with Crippen LogP contribution in [0.4, 0.5) is 9.18 Å². The van der Waals surface area contributed by atoms with Crippen LogP contribution in [0.1, 0.15) is 21.5 Å². The number of carbonyl (C=O) groups is 2. The Labute approximate surface area is 133 Å². The normalized spacial score (nSPS) is 9.43. The van der Waals surface area contributed by atoms with Crippen LogP contribution < -0.4 is 5.32 Å². The smallest absolute Gasteiger partial charge is 0.408 e. The van der Waals surface area contributed by atoms with Crippen molar-refractivity contribution in [2.24, 2.45) is 0 Å². The van der Waals surface area contributed by atoms with Gasteiger partial charge < -0.3 is 10.1 Å². The zero-order chi connectivity index (χ0) is 16.5. The summed E-state index contributed by atoms with van der Waals surface area (Å²) in [6, 6.07) is 13.5. The molecule has 2 rings (SSSR count). The minimum atomic E-state index is -0.623. The van der Waals surface area contributed by atoms with Crippen LogP contribution in [0.5, 0.6) is 0 Å². The molecule has 0 heterocycles. The molecule has 5 heteroatoms. The summed E-state index contributed by atoms with van der Waals surface area (Å²) >= 11 is 0. The number of hydrogen-bond acceptors (Lipinski definition) is 3. The fourth-order valence-electron chi connectivity index (χ4n) is 1.80. The van der Waals surface area contributed by atoms with Crippen LogP contribution in [-0.4, -0.2) is 18.9 Å². The lowest BCUT2D eigenvalue weighted by Gasteiger charge is -2.04. The number of amides is 1. The number of aldehydes is 1. The summed E-state index contributed by atoms with van der Waals surface area (Å²) in [6.07, 6.45) is -0.182. The lowest BCUT2D eigenvalue weighted by molar-refractivity contribution is 0.111. The van der Waals surface area contributed by atoms with E-state index >= 15 is 0 Å². The van der Waals surface area contributed by atoms with Gasteiger partial charge in [0, 0.05) is 5.56 Å². The highest BCUT2D eigenvalue weighted by molar-refractivity contribution is 5.79. The third-order valence-corrected chi connectivity index (χ3v) is 2.93. The summed E-state index contributed by atoms with van der Waals surface area (Å²) in [4.78, 5) is 22.3. The van der Waals surface area contributed by atoms with E-state index in [9.17, 15) is 14.0 Å². The van der Waals surface area contributed by atoms with Gasteiger partial charge in [-0.25, -0.2) is 9.18 Å². The standard InChI is InChI=1S/C18H14FNO3/c19-17-10-4-8-15(16(17)12-21)9-5-11-20-18(22)23-13-14-6-2-1-3-7-14/h1-4,6-8,10,12H,11,13H2,(H,20,22). The lowest BCUT2D eigenvalue weighted by atomic mass is 10.1. The Morgan fingerprint density at radius 3 is 2.70 bits per heavy atom. The first-order valence-electron chi connectivity index (χ1n) is 6.88. The van der Waals surface area contributed by atoms with Crippen molar-refractivity contribution in [3.05, 3.63) is 71.0 Å². The summed E-state index contributed by atoms with van der Waals surface area (Å²) in [6.45, 7) is 0.196. The first-order chi connectivity index (χ1) is 11.2. The maximum absolute atomic E-state index is 13.4. The predicted molar refractivity (Wildman–Crippen MR) is 83.3 cm³/mol. The van der Waals surface area contributed by atoms with Crippen molar-refractivity contribution in [2.45, 2.75) is 6.61 Å². The second-order valence-electron chi connectivity index (χ2n) is 4.54. The van der Waals surface area contributed by atoms with Gasteiger partial charge in [-0.3, -0.25) is 4.79 Å². The highest BCUT2D eigenvalue weighted by Crippen LogP contribution is 2.09. The molecule has 0 radical (unpaired) electrons. The Morgan fingerprint density at radius 1 is 1.17 bits per heavy atom. The molecule has 0 bridgehead atoms.